The van der Waals surface area contributed by atoms with Crippen molar-refractivity contribution in [3.8, 4) is 0 Å². The molecule has 0 amide bonds. The molecule has 0 radical (unpaired) electrons. The van der Waals surface area contributed by atoms with Crippen LogP contribution in [0.4, 0.5) is 0 Å². The normalized spacial score (nSPS) is 15.1. The lowest BCUT2D eigenvalue weighted by atomic mass is 10.3. The third-order valence-corrected chi connectivity index (χ3v) is 6.28. The minimum atomic E-state index is -3.70. The van der Waals surface area contributed by atoms with E-state index < -0.39 is 15.8 Å². The van der Waals surface area contributed by atoms with Gasteiger partial charge in [-0.1, -0.05) is 6.07 Å². The second-order valence-corrected chi connectivity index (χ2v) is 8.09. The van der Waals surface area contributed by atoms with Crippen molar-refractivity contribution < 1.29 is 12.8 Å². The number of hydrogen-bond acceptors (Lipinski definition) is 5. The SMILES string of the molecule is Cn1c(=O)oc2cc(S(=O)(=O)N(Cc3cccnc3)C3CC3)ccc21. The maximum atomic E-state index is 13.1. The number of nitrogens with zero attached hydrogens (tertiary/aromatic N) is 3. The van der Waals surface area contributed by atoms with Gasteiger partial charge in [-0.25, -0.2) is 13.2 Å². The number of sulfonamides is 1. The first-order valence-corrected chi connectivity index (χ1v) is 9.41. The Morgan fingerprint density at radius 3 is 2.80 bits per heavy atom. The van der Waals surface area contributed by atoms with Crippen LogP contribution in [0, 0.1) is 0 Å². The second kappa shape index (κ2) is 5.82. The van der Waals surface area contributed by atoms with Gasteiger partial charge >= 0.3 is 5.76 Å². The van der Waals surface area contributed by atoms with Crippen molar-refractivity contribution in [2.75, 3.05) is 0 Å². The number of rotatable bonds is 5. The Morgan fingerprint density at radius 1 is 1.32 bits per heavy atom. The first-order chi connectivity index (χ1) is 12.0. The van der Waals surface area contributed by atoms with Crippen LogP contribution in [0.3, 0.4) is 0 Å². The van der Waals surface area contributed by atoms with Gasteiger partial charge in [0.15, 0.2) is 5.58 Å². The fourth-order valence-electron chi connectivity index (χ4n) is 2.85. The standard InChI is InChI=1S/C17H17N3O4S/c1-19-15-7-6-14(9-16(15)24-17(19)21)25(22,23)20(13-4-5-13)11-12-3-2-8-18-10-12/h2-3,6-10,13H,4-5,11H2,1H3. The maximum Gasteiger partial charge on any atom is 0.419 e. The Morgan fingerprint density at radius 2 is 2.12 bits per heavy atom. The highest BCUT2D eigenvalue weighted by molar-refractivity contribution is 7.89. The molecule has 0 N–H and O–H groups in total. The van der Waals surface area contributed by atoms with Crippen molar-refractivity contribution >= 4 is 21.1 Å². The van der Waals surface area contributed by atoms with Gasteiger partial charge in [-0.15, -0.1) is 0 Å². The maximum absolute atomic E-state index is 13.1. The number of oxazole rings is 1. The van der Waals surface area contributed by atoms with Gasteiger partial charge in [0.1, 0.15) is 0 Å². The predicted octanol–water partition coefficient (Wildman–Crippen LogP) is 1.88. The van der Waals surface area contributed by atoms with E-state index in [1.165, 1.54) is 21.0 Å². The average molecular weight is 359 g/mol. The van der Waals surface area contributed by atoms with Crippen LogP contribution in [0.15, 0.2) is 56.8 Å². The third kappa shape index (κ3) is 2.87. The van der Waals surface area contributed by atoms with Crippen molar-refractivity contribution in [3.63, 3.8) is 0 Å². The first kappa shape index (κ1) is 16.0. The molecule has 8 heteroatoms. The van der Waals surface area contributed by atoms with Gasteiger partial charge in [-0.3, -0.25) is 9.55 Å². The van der Waals surface area contributed by atoms with Crippen molar-refractivity contribution in [3.05, 3.63) is 58.8 Å². The number of benzene rings is 1. The van der Waals surface area contributed by atoms with Crippen LogP contribution < -0.4 is 5.76 Å². The minimum Gasteiger partial charge on any atom is -0.408 e. The van der Waals surface area contributed by atoms with E-state index in [-0.39, 0.29) is 23.1 Å². The predicted molar refractivity (Wildman–Crippen MR) is 91.4 cm³/mol. The van der Waals surface area contributed by atoms with Crippen LogP contribution >= 0.6 is 0 Å². The Hall–Kier alpha value is -2.45. The lowest BCUT2D eigenvalue weighted by molar-refractivity contribution is 0.398. The number of pyridine rings is 1. The molecule has 1 aliphatic carbocycles. The van der Waals surface area contributed by atoms with E-state index in [4.69, 9.17) is 4.42 Å². The largest absolute Gasteiger partial charge is 0.419 e. The number of aryl methyl sites for hydroxylation is 1. The highest BCUT2D eigenvalue weighted by atomic mass is 32.2. The summed E-state index contributed by atoms with van der Waals surface area (Å²) in [4.78, 5) is 15.8. The summed E-state index contributed by atoms with van der Waals surface area (Å²) in [5.41, 5.74) is 1.67. The fraction of sp³-hybridized carbons (Fsp3) is 0.294. The molecule has 0 bridgehead atoms. The van der Waals surface area contributed by atoms with Gasteiger partial charge in [0.25, 0.3) is 0 Å². The van der Waals surface area contributed by atoms with Crippen molar-refractivity contribution in [2.24, 2.45) is 7.05 Å². The van der Waals surface area contributed by atoms with Crippen molar-refractivity contribution in [1.29, 1.82) is 0 Å². The summed E-state index contributed by atoms with van der Waals surface area (Å²) in [6.45, 7) is 0.275. The molecule has 0 unspecified atom stereocenters. The Kier molecular flexibility index (Phi) is 3.73. The summed E-state index contributed by atoms with van der Waals surface area (Å²) in [6.07, 6.45) is 5.03. The van der Waals surface area contributed by atoms with E-state index in [0.29, 0.717) is 5.52 Å². The third-order valence-electron chi connectivity index (χ3n) is 4.39. The molecule has 2 aromatic heterocycles. The lowest BCUT2D eigenvalue weighted by Crippen LogP contribution is -2.32. The summed E-state index contributed by atoms with van der Waals surface area (Å²) in [5, 5.41) is 0. The molecule has 0 spiro atoms. The molecule has 0 aliphatic heterocycles. The summed E-state index contributed by atoms with van der Waals surface area (Å²) in [6, 6.07) is 8.19. The zero-order valence-corrected chi connectivity index (χ0v) is 14.4. The lowest BCUT2D eigenvalue weighted by Gasteiger charge is -2.21. The van der Waals surface area contributed by atoms with Crippen LogP contribution in [-0.4, -0.2) is 28.3 Å². The molecular formula is C17H17N3O4S. The van der Waals surface area contributed by atoms with Gasteiger partial charge in [0.05, 0.1) is 10.4 Å². The molecule has 7 nitrogen and oxygen atoms in total. The van der Waals surface area contributed by atoms with E-state index in [0.717, 1.165) is 18.4 Å². The van der Waals surface area contributed by atoms with E-state index in [1.807, 2.05) is 6.07 Å². The van der Waals surface area contributed by atoms with Crippen LogP contribution in [0.1, 0.15) is 18.4 Å². The average Bonchev–Trinajstić information content (AvgIpc) is 3.40. The Labute approximate surface area is 144 Å². The second-order valence-electron chi connectivity index (χ2n) is 6.20. The highest BCUT2D eigenvalue weighted by Crippen LogP contribution is 2.34. The van der Waals surface area contributed by atoms with Gasteiger partial charge in [0, 0.05) is 38.1 Å². The van der Waals surface area contributed by atoms with E-state index in [1.54, 1.807) is 31.6 Å². The quantitative estimate of drug-likeness (QED) is 0.694. The zero-order chi connectivity index (χ0) is 17.6. The topological polar surface area (TPSA) is 85.4 Å². The molecule has 4 rings (SSSR count). The summed E-state index contributed by atoms with van der Waals surface area (Å²) < 4.78 is 34.2. The van der Waals surface area contributed by atoms with Gasteiger partial charge in [-0.05, 0) is 36.6 Å². The Bertz CT molecular complexity index is 1080. The molecule has 1 aliphatic rings. The van der Waals surface area contributed by atoms with E-state index in [9.17, 15) is 13.2 Å². The van der Waals surface area contributed by atoms with E-state index in [2.05, 4.69) is 4.98 Å². The molecule has 1 fully saturated rings. The van der Waals surface area contributed by atoms with Gasteiger partial charge < -0.3 is 4.42 Å². The van der Waals surface area contributed by atoms with Crippen LogP contribution in [0.25, 0.3) is 11.1 Å². The molecule has 3 aromatic rings. The number of aromatic nitrogens is 2. The van der Waals surface area contributed by atoms with Crippen molar-refractivity contribution in [2.45, 2.75) is 30.3 Å². The van der Waals surface area contributed by atoms with E-state index >= 15 is 0 Å². The molecule has 1 aromatic carbocycles. The van der Waals surface area contributed by atoms with Crippen molar-refractivity contribution in [1.82, 2.24) is 13.9 Å². The number of hydrogen-bond donors (Lipinski definition) is 0. The molecule has 25 heavy (non-hydrogen) atoms. The van der Waals surface area contributed by atoms with Crippen LogP contribution in [-0.2, 0) is 23.6 Å². The zero-order valence-electron chi connectivity index (χ0n) is 13.6. The van der Waals surface area contributed by atoms with Crippen LogP contribution in [0.5, 0.6) is 0 Å². The molecular weight excluding hydrogens is 342 g/mol. The first-order valence-electron chi connectivity index (χ1n) is 7.97. The minimum absolute atomic E-state index is 0.00341. The molecule has 0 atom stereocenters. The summed E-state index contributed by atoms with van der Waals surface area (Å²) >= 11 is 0. The molecule has 2 heterocycles. The molecule has 0 saturated heterocycles. The monoisotopic (exact) mass is 359 g/mol. The fourth-order valence-corrected chi connectivity index (χ4v) is 4.54. The van der Waals surface area contributed by atoms with Gasteiger partial charge in [-0.2, -0.15) is 4.31 Å². The summed E-state index contributed by atoms with van der Waals surface area (Å²) in [5.74, 6) is -0.515. The smallest absolute Gasteiger partial charge is 0.408 e. The highest BCUT2D eigenvalue weighted by Gasteiger charge is 2.38. The Balaban J connectivity index is 1.74. The van der Waals surface area contributed by atoms with Crippen LogP contribution in [0.2, 0.25) is 0 Å². The summed E-state index contributed by atoms with van der Waals surface area (Å²) in [7, 11) is -2.11. The molecule has 130 valence electrons. The number of fused-ring (bicyclic) bond motifs is 1. The molecule has 1 saturated carbocycles. The van der Waals surface area contributed by atoms with Gasteiger partial charge in [0.2, 0.25) is 10.0 Å².